The lowest BCUT2D eigenvalue weighted by Crippen LogP contribution is -2.45. The maximum absolute atomic E-state index is 12.3. The van der Waals surface area contributed by atoms with Gasteiger partial charge in [-0.3, -0.25) is 19.3 Å². The van der Waals surface area contributed by atoms with Crippen molar-refractivity contribution in [2.24, 2.45) is 0 Å². The number of carbonyl (C=O) groups is 4. The second-order valence-electron chi connectivity index (χ2n) is 7.34. The molecule has 2 atom stereocenters. The van der Waals surface area contributed by atoms with Crippen LogP contribution in [0.4, 0.5) is 4.79 Å². The van der Waals surface area contributed by atoms with E-state index in [0.29, 0.717) is 6.42 Å². The number of hydrogen-bond acceptors (Lipinski definition) is 5. The summed E-state index contributed by atoms with van der Waals surface area (Å²) in [6, 6.07) is -0.505. The number of carbonyl (C=O) groups excluding carboxylic acids is 4. The van der Waals surface area contributed by atoms with Gasteiger partial charge in [-0.25, -0.2) is 4.79 Å². The van der Waals surface area contributed by atoms with Gasteiger partial charge in [-0.1, -0.05) is 32.6 Å². The average Bonchev–Trinajstić information content (AvgIpc) is 2.79. The van der Waals surface area contributed by atoms with Crippen molar-refractivity contribution in [3.8, 4) is 0 Å². The number of urea groups is 1. The molecule has 2 rings (SSSR count). The lowest BCUT2D eigenvalue weighted by atomic mass is 9.99. The van der Waals surface area contributed by atoms with Crippen molar-refractivity contribution in [3.63, 3.8) is 0 Å². The van der Waals surface area contributed by atoms with Gasteiger partial charge in [0.1, 0.15) is 12.1 Å². The van der Waals surface area contributed by atoms with Crippen molar-refractivity contribution in [2.45, 2.75) is 83.4 Å². The van der Waals surface area contributed by atoms with Gasteiger partial charge in [0.05, 0.1) is 0 Å². The highest BCUT2D eigenvalue weighted by molar-refractivity contribution is 6.08. The minimum Gasteiger partial charge on any atom is -0.451 e. The predicted octanol–water partition coefficient (Wildman–Crippen LogP) is 1.48. The molecule has 8 nitrogen and oxygen atoms in total. The summed E-state index contributed by atoms with van der Waals surface area (Å²) in [5.41, 5.74) is -1.00. The molecule has 0 bridgehead atoms. The molecule has 0 radical (unpaired) electrons. The molecule has 2 aliphatic rings. The van der Waals surface area contributed by atoms with Crippen LogP contribution in [0.2, 0.25) is 0 Å². The van der Waals surface area contributed by atoms with Crippen molar-refractivity contribution in [2.75, 3.05) is 6.54 Å². The minimum absolute atomic E-state index is 0.113. The first-order valence-electron chi connectivity index (χ1n) is 9.41. The number of hydrogen-bond donors (Lipinski definition) is 2. The molecule has 1 aliphatic carbocycles. The van der Waals surface area contributed by atoms with Crippen LogP contribution in [-0.4, -0.2) is 52.9 Å². The summed E-state index contributed by atoms with van der Waals surface area (Å²) in [5, 5.41) is 5.49. The van der Waals surface area contributed by atoms with E-state index in [1.807, 2.05) is 0 Å². The second kappa shape index (κ2) is 8.51. The Kier molecular flexibility index (Phi) is 6.61. The molecule has 1 aliphatic heterocycles. The van der Waals surface area contributed by atoms with Gasteiger partial charge >= 0.3 is 12.0 Å². The molecule has 8 heteroatoms. The summed E-state index contributed by atoms with van der Waals surface area (Å²) in [7, 11) is 0. The van der Waals surface area contributed by atoms with E-state index in [4.69, 9.17) is 4.74 Å². The van der Waals surface area contributed by atoms with E-state index in [0.717, 1.165) is 30.6 Å². The van der Waals surface area contributed by atoms with Crippen molar-refractivity contribution >= 4 is 23.8 Å². The summed E-state index contributed by atoms with van der Waals surface area (Å²) >= 11 is 0. The number of imide groups is 1. The van der Waals surface area contributed by atoms with Gasteiger partial charge in [0.15, 0.2) is 6.10 Å². The van der Waals surface area contributed by atoms with Crippen LogP contribution in [0.15, 0.2) is 0 Å². The number of ether oxygens (including phenoxy) is 1. The van der Waals surface area contributed by atoms with Crippen LogP contribution in [0.5, 0.6) is 0 Å². The molecule has 26 heavy (non-hydrogen) atoms. The number of rotatable bonds is 6. The van der Waals surface area contributed by atoms with Crippen LogP contribution in [0.1, 0.15) is 65.7 Å². The number of nitrogens with one attached hydrogen (secondary N) is 2. The standard InChI is InChI=1S/C18H29N3O5/c1-4-18(3)16(24)21(17(25)20-18)11-14(22)26-12(2)15(23)19-13-9-7-5-6-8-10-13/h12-13H,4-11H2,1-3H3,(H,19,23)(H,20,25)/t12-,18-/m0/s1. The van der Waals surface area contributed by atoms with Gasteiger partial charge in [-0.05, 0) is 33.1 Å². The molecule has 0 aromatic rings. The Morgan fingerprint density at radius 2 is 1.88 bits per heavy atom. The van der Waals surface area contributed by atoms with E-state index in [1.54, 1.807) is 13.8 Å². The second-order valence-corrected chi connectivity index (χ2v) is 7.34. The zero-order valence-corrected chi connectivity index (χ0v) is 15.8. The average molecular weight is 367 g/mol. The van der Waals surface area contributed by atoms with Gasteiger partial charge in [0, 0.05) is 6.04 Å². The Hall–Kier alpha value is -2.12. The first-order valence-corrected chi connectivity index (χ1v) is 9.41. The molecule has 1 heterocycles. The van der Waals surface area contributed by atoms with Crippen LogP contribution >= 0.6 is 0 Å². The Bertz CT molecular complexity index is 571. The molecule has 1 saturated heterocycles. The monoisotopic (exact) mass is 367 g/mol. The molecule has 2 N–H and O–H groups in total. The zero-order chi connectivity index (χ0) is 19.3. The largest absolute Gasteiger partial charge is 0.451 e. The van der Waals surface area contributed by atoms with Gasteiger partial charge in [0.25, 0.3) is 11.8 Å². The van der Waals surface area contributed by atoms with Crippen LogP contribution in [0.25, 0.3) is 0 Å². The van der Waals surface area contributed by atoms with Gasteiger partial charge < -0.3 is 15.4 Å². The van der Waals surface area contributed by atoms with Crippen molar-refractivity contribution < 1.29 is 23.9 Å². The van der Waals surface area contributed by atoms with Crippen LogP contribution in [0.3, 0.4) is 0 Å². The Morgan fingerprint density at radius 3 is 2.42 bits per heavy atom. The van der Waals surface area contributed by atoms with Crippen molar-refractivity contribution in [1.82, 2.24) is 15.5 Å². The third kappa shape index (κ3) is 4.74. The summed E-state index contributed by atoms with van der Waals surface area (Å²) in [5.74, 6) is -1.59. The van der Waals surface area contributed by atoms with E-state index < -0.39 is 36.1 Å². The Labute approximate surface area is 154 Å². The third-order valence-electron chi connectivity index (χ3n) is 5.22. The van der Waals surface area contributed by atoms with Crippen molar-refractivity contribution in [1.29, 1.82) is 0 Å². The van der Waals surface area contributed by atoms with Crippen LogP contribution in [-0.2, 0) is 19.1 Å². The first kappa shape index (κ1) is 20.2. The third-order valence-corrected chi connectivity index (χ3v) is 5.22. The Morgan fingerprint density at radius 1 is 1.27 bits per heavy atom. The maximum atomic E-state index is 12.3. The number of amides is 4. The summed E-state index contributed by atoms with van der Waals surface area (Å²) < 4.78 is 5.12. The zero-order valence-electron chi connectivity index (χ0n) is 15.8. The molecule has 0 spiro atoms. The Balaban J connectivity index is 1.84. The minimum atomic E-state index is -1.00. The normalized spacial score (nSPS) is 25.4. The molecule has 0 aromatic carbocycles. The molecule has 146 valence electrons. The fourth-order valence-electron chi connectivity index (χ4n) is 3.29. The van der Waals surface area contributed by atoms with Crippen molar-refractivity contribution in [3.05, 3.63) is 0 Å². The molecular weight excluding hydrogens is 338 g/mol. The van der Waals surface area contributed by atoms with E-state index in [2.05, 4.69) is 10.6 Å². The highest BCUT2D eigenvalue weighted by Crippen LogP contribution is 2.21. The lowest BCUT2D eigenvalue weighted by molar-refractivity contribution is -0.156. The highest BCUT2D eigenvalue weighted by atomic mass is 16.5. The van der Waals surface area contributed by atoms with Crippen LogP contribution in [0, 0.1) is 0 Å². The first-order chi connectivity index (χ1) is 12.3. The molecule has 4 amide bonds. The summed E-state index contributed by atoms with van der Waals surface area (Å²) in [4.78, 5) is 49.3. The van der Waals surface area contributed by atoms with E-state index in [1.165, 1.54) is 19.8 Å². The fraction of sp³-hybridized carbons (Fsp3) is 0.778. The predicted molar refractivity (Wildman–Crippen MR) is 94.1 cm³/mol. The molecule has 0 aromatic heterocycles. The van der Waals surface area contributed by atoms with E-state index in [-0.39, 0.29) is 11.9 Å². The smallest absolute Gasteiger partial charge is 0.327 e. The number of esters is 1. The van der Waals surface area contributed by atoms with Gasteiger partial charge in [-0.2, -0.15) is 0 Å². The maximum Gasteiger partial charge on any atom is 0.327 e. The van der Waals surface area contributed by atoms with Gasteiger partial charge in [0.2, 0.25) is 0 Å². The summed E-state index contributed by atoms with van der Waals surface area (Å²) in [6.45, 7) is 4.38. The molecular formula is C18H29N3O5. The van der Waals surface area contributed by atoms with Crippen LogP contribution < -0.4 is 10.6 Å². The van der Waals surface area contributed by atoms with E-state index >= 15 is 0 Å². The quantitative estimate of drug-likeness (QED) is 0.420. The summed E-state index contributed by atoms with van der Waals surface area (Å²) in [6.07, 6.45) is 5.85. The molecule has 0 unspecified atom stereocenters. The van der Waals surface area contributed by atoms with Gasteiger partial charge in [-0.15, -0.1) is 0 Å². The SMILES string of the molecule is CC[C@]1(C)NC(=O)N(CC(=O)O[C@@H](C)C(=O)NC2CCCCCC2)C1=O. The number of nitrogens with zero attached hydrogens (tertiary/aromatic N) is 1. The topological polar surface area (TPSA) is 105 Å². The molecule has 1 saturated carbocycles. The fourth-order valence-corrected chi connectivity index (χ4v) is 3.29. The van der Waals surface area contributed by atoms with E-state index in [9.17, 15) is 19.2 Å². The highest BCUT2D eigenvalue weighted by Gasteiger charge is 2.47. The molecule has 2 fully saturated rings. The lowest BCUT2D eigenvalue weighted by Gasteiger charge is -2.21.